The predicted molar refractivity (Wildman–Crippen MR) is 116 cm³/mol. The zero-order valence-electron chi connectivity index (χ0n) is 15.0. The maximum absolute atomic E-state index is 12.6. The molecule has 0 aromatic heterocycles. The van der Waals surface area contributed by atoms with Crippen molar-refractivity contribution in [3.05, 3.63) is 69.3 Å². The highest BCUT2D eigenvalue weighted by atomic mass is 35.5. The highest BCUT2D eigenvalue weighted by Crippen LogP contribution is 2.28. The van der Waals surface area contributed by atoms with Crippen molar-refractivity contribution < 1.29 is 9.53 Å². The molecule has 1 saturated heterocycles. The second-order valence-corrected chi connectivity index (χ2v) is 8.44. The molecule has 0 bridgehead atoms. The van der Waals surface area contributed by atoms with Gasteiger partial charge in [-0.05, 0) is 48.7 Å². The number of halogens is 2. The topological polar surface area (TPSA) is 41.9 Å². The molecule has 0 saturated carbocycles. The van der Waals surface area contributed by atoms with Crippen LogP contribution in [0.3, 0.4) is 0 Å². The number of rotatable bonds is 4. The number of benzene rings is 2. The molecule has 0 N–H and O–H groups in total. The second kappa shape index (κ2) is 8.60. The summed E-state index contributed by atoms with van der Waals surface area (Å²) in [5.41, 5.74) is 2.20. The average Bonchev–Trinajstić information content (AvgIpc) is 2.84. The molecule has 1 amide bonds. The predicted octanol–water partition coefficient (Wildman–Crippen LogP) is 5.64. The summed E-state index contributed by atoms with van der Waals surface area (Å²) in [6.45, 7) is 1.08. The van der Waals surface area contributed by atoms with Crippen LogP contribution in [0.25, 0.3) is 6.08 Å². The molecule has 28 heavy (non-hydrogen) atoms. The number of fused-ring (bicyclic) bond motifs is 1. The van der Waals surface area contributed by atoms with E-state index in [0.717, 1.165) is 41.4 Å². The van der Waals surface area contributed by atoms with Gasteiger partial charge < -0.3 is 4.74 Å². The molecule has 4 rings (SSSR count). The Labute approximate surface area is 178 Å². The van der Waals surface area contributed by atoms with Crippen LogP contribution >= 0.6 is 35.0 Å². The largest absolute Gasteiger partial charge is 0.489 e. The Bertz CT molecular complexity index is 975. The molecule has 1 fully saturated rings. The first-order valence-corrected chi connectivity index (χ1v) is 10.8. The van der Waals surface area contributed by atoms with Crippen LogP contribution in [-0.2, 0) is 11.4 Å². The third kappa shape index (κ3) is 4.37. The lowest BCUT2D eigenvalue weighted by Crippen LogP contribution is -2.30. The van der Waals surface area contributed by atoms with E-state index >= 15 is 0 Å². The van der Waals surface area contributed by atoms with Crippen molar-refractivity contribution >= 4 is 52.1 Å². The minimum Gasteiger partial charge on any atom is -0.489 e. The summed E-state index contributed by atoms with van der Waals surface area (Å²) in [6.07, 6.45) is 3.94. The normalized spacial score (nSPS) is 18.1. The second-order valence-electron chi connectivity index (χ2n) is 6.53. The number of nitrogens with zero attached hydrogens (tertiary/aromatic N) is 2. The first-order chi connectivity index (χ1) is 13.6. The van der Waals surface area contributed by atoms with Gasteiger partial charge in [-0.3, -0.25) is 9.69 Å². The van der Waals surface area contributed by atoms with Crippen molar-refractivity contribution in [2.24, 2.45) is 4.99 Å². The molecule has 0 spiro atoms. The Balaban J connectivity index is 1.49. The fourth-order valence-corrected chi connectivity index (χ4v) is 4.51. The van der Waals surface area contributed by atoms with Gasteiger partial charge in [-0.15, -0.1) is 0 Å². The number of ether oxygens (including phenoxy) is 1. The quantitative estimate of drug-likeness (QED) is 0.587. The van der Waals surface area contributed by atoms with Crippen LogP contribution in [0.1, 0.15) is 24.0 Å². The Morgan fingerprint density at radius 1 is 1.18 bits per heavy atom. The van der Waals surface area contributed by atoms with Crippen LogP contribution in [0.2, 0.25) is 10.0 Å². The van der Waals surface area contributed by atoms with E-state index in [2.05, 4.69) is 4.99 Å². The van der Waals surface area contributed by atoms with Crippen LogP contribution in [0.4, 0.5) is 0 Å². The van der Waals surface area contributed by atoms with E-state index in [0.29, 0.717) is 28.1 Å². The number of hydrogen-bond donors (Lipinski definition) is 0. The SMILES string of the molecule is O=C1/C(=C/c2cccc(OCc3ccc(Cl)cc3Cl)c2)N=C2SCCCCN12. The van der Waals surface area contributed by atoms with Gasteiger partial charge >= 0.3 is 0 Å². The number of carbonyl (C=O) groups excluding carboxylic acids is 1. The molecule has 7 heteroatoms. The first kappa shape index (κ1) is 19.4. The van der Waals surface area contributed by atoms with Crippen molar-refractivity contribution in [3.63, 3.8) is 0 Å². The Morgan fingerprint density at radius 2 is 2.07 bits per heavy atom. The lowest BCUT2D eigenvalue weighted by molar-refractivity contribution is -0.122. The molecular weight excluding hydrogens is 415 g/mol. The number of aliphatic imine (C=N–C) groups is 1. The van der Waals surface area contributed by atoms with Crippen molar-refractivity contribution in [1.29, 1.82) is 0 Å². The molecule has 2 heterocycles. The van der Waals surface area contributed by atoms with Crippen molar-refractivity contribution in [2.45, 2.75) is 19.4 Å². The monoisotopic (exact) mass is 432 g/mol. The molecule has 0 radical (unpaired) electrons. The lowest BCUT2D eigenvalue weighted by Gasteiger charge is -2.13. The number of carbonyl (C=O) groups is 1. The van der Waals surface area contributed by atoms with Crippen molar-refractivity contribution in [1.82, 2.24) is 4.90 Å². The summed E-state index contributed by atoms with van der Waals surface area (Å²) in [6, 6.07) is 12.9. The third-order valence-corrected chi connectivity index (χ3v) is 6.14. The molecule has 144 valence electrons. The molecule has 2 aromatic carbocycles. The van der Waals surface area contributed by atoms with E-state index in [1.807, 2.05) is 36.4 Å². The highest BCUT2D eigenvalue weighted by Gasteiger charge is 2.31. The summed E-state index contributed by atoms with van der Waals surface area (Å²) >= 11 is 13.8. The molecular formula is C21H18Cl2N2O2S. The van der Waals surface area contributed by atoms with Crippen LogP contribution in [0, 0.1) is 0 Å². The summed E-state index contributed by atoms with van der Waals surface area (Å²) in [7, 11) is 0. The van der Waals surface area contributed by atoms with E-state index < -0.39 is 0 Å². The zero-order chi connectivity index (χ0) is 19.5. The van der Waals surface area contributed by atoms with Gasteiger partial charge in [0.25, 0.3) is 5.91 Å². The van der Waals surface area contributed by atoms with Crippen LogP contribution < -0.4 is 4.74 Å². The maximum atomic E-state index is 12.6. The van der Waals surface area contributed by atoms with E-state index in [9.17, 15) is 4.79 Å². The number of thioether (sulfide) groups is 1. The Kier molecular flexibility index (Phi) is 5.95. The minimum absolute atomic E-state index is 0.0244. The Hall–Kier alpha value is -1.95. The summed E-state index contributed by atoms with van der Waals surface area (Å²) in [5, 5.41) is 1.98. The zero-order valence-corrected chi connectivity index (χ0v) is 17.4. The lowest BCUT2D eigenvalue weighted by atomic mass is 10.1. The van der Waals surface area contributed by atoms with Gasteiger partial charge in [0.05, 0.1) is 0 Å². The van der Waals surface area contributed by atoms with E-state index in [-0.39, 0.29) is 5.91 Å². The molecule has 2 aliphatic rings. The van der Waals surface area contributed by atoms with Crippen LogP contribution in [0.5, 0.6) is 5.75 Å². The maximum Gasteiger partial charge on any atom is 0.278 e. The van der Waals surface area contributed by atoms with Gasteiger partial charge in [0.2, 0.25) is 0 Å². The standard InChI is InChI=1S/C21H18Cl2N2O2S/c22-16-7-6-15(18(23)12-16)13-27-17-5-3-4-14(10-17)11-19-20(26)25-8-1-2-9-28-21(25)24-19/h3-7,10-12H,1-2,8-9,13H2/b19-11-. The summed E-state index contributed by atoms with van der Waals surface area (Å²) in [5.74, 6) is 1.68. The van der Waals surface area contributed by atoms with Crippen LogP contribution in [0.15, 0.2) is 53.2 Å². The number of hydrogen-bond acceptors (Lipinski definition) is 4. The molecule has 0 unspecified atom stereocenters. The van der Waals surface area contributed by atoms with Gasteiger partial charge in [-0.1, -0.05) is 53.2 Å². The molecule has 2 aromatic rings. The van der Waals surface area contributed by atoms with Crippen molar-refractivity contribution in [2.75, 3.05) is 12.3 Å². The van der Waals surface area contributed by atoms with Gasteiger partial charge in [0, 0.05) is 27.9 Å². The number of amidine groups is 1. The van der Waals surface area contributed by atoms with E-state index in [4.69, 9.17) is 27.9 Å². The van der Waals surface area contributed by atoms with Gasteiger partial charge in [0.15, 0.2) is 5.17 Å². The van der Waals surface area contributed by atoms with E-state index in [1.54, 1.807) is 28.8 Å². The molecule has 2 aliphatic heterocycles. The molecule has 4 nitrogen and oxygen atoms in total. The number of amides is 1. The smallest absolute Gasteiger partial charge is 0.278 e. The van der Waals surface area contributed by atoms with Gasteiger partial charge in [-0.2, -0.15) is 0 Å². The molecule has 0 atom stereocenters. The minimum atomic E-state index is -0.0244. The van der Waals surface area contributed by atoms with E-state index in [1.165, 1.54) is 0 Å². The van der Waals surface area contributed by atoms with Gasteiger partial charge in [-0.25, -0.2) is 4.99 Å². The fourth-order valence-electron chi connectivity index (χ4n) is 3.02. The van der Waals surface area contributed by atoms with Crippen molar-refractivity contribution in [3.8, 4) is 5.75 Å². The van der Waals surface area contributed by atoms with Gasteiger partial charge in [0.1, 0.15) is 18.1 Å². The third-order valence-electron chi connectivity index (χ3n) is 4.49. The Morgan fingerprint density at radius 3 is 2.93 bits per heavy atom. The van der Waals surface area contributed by atoms with Crippen LogP contribution in [-0.4, -0.2) is 28.3 Å². The average molecular weight is 433 g/mol. The summed E-state index contributed by atoms with van der Waals surface area (Å²) < 4.78 is 5.86. The first-order valence-electron chi connectivity index (χ1n) is 9.02. The molecule has 0 aliphatic carbocycles. The fraction of sp³-hybridized carbons (Fsp3) is 0.238. The summed E-state index contributed by atoms with van der Waals surface area (Å²) in [4.78, 5) is 19.0. The highest BCUT2D eigenvalue weighted by molar-refractivity contribution is 8.13.